The highest BCUT2D eigenvalue weighted by Gasteiger charge is 2.15. The molecule has 1 aliphatic rings. The standard InChI is InChI=1S/C20H35N5S.HI/c1-4-6-7-8-9-14-24(3)19(21-5-2)22-13-12-18-17-26-20(23-18)25-15-10-11-16-25;/h4,17H,1,5-16H2,2-3H3,(H,21,22);1H. The second-order valence-corrected chi connectivity index (χ2v) is 7.70. The maximum absolute atomic E-state index is 4.80. The van der Waals surface area contributed by atoms with Gasteiger partial charge in [0, 0.05) is 51.6 Å². The fourth-order valence-electron chi connectivity index (χ4n) is 3.13. The maximum Gasteiger partial charge on any atom is 0.193 e. The van der Waals surface area contributed by atoms with E-state index in [2.05, 4.69) is 41.0 Å². The topological polar surface area (TPSA) is 43.8 Å². The normalized spacial score (nSPS) is 14.1. The van der Waals surface area contributed by atoms with Crippen LogP contribution in [0.25, 0.3) is 0 Å². The van der Waals surface area contributed by atoms with Crippen LogP contribution < -0.4 is 10.2 Å². The minimum atomic E-state index is 0. The highest BCUT2D eigenvalue weighted by molar-refractivity contribution is 14.0. The Morgan fingerprint density at radius 3 is 2.85 bits per heavy atom. The molecule has 1 aromatic heterocycles. The number of aromatic nitrogens is 1. The molecule has 1 aromatic rings. The van der Waals surface area contributed by atoms with Crippen LogP contribution in [0.2, 0.25) is 0 Å². The van der Waals surface area contributed by atoms with Gasteiger partial charge in [0.1, 0.15) is 0 Å². The molecule has 7 heteroatoms. The molecule has 5 nitrogen and oxygen atoms in total. The third-order valence-corrected chi connectivity index (χ3v) is 5.59. The Morgan fingerprint density at radius 2 is 2.15 bits per heavy atom. The largest absolute Gasteiger partial charge is 0.357 e. The molecule has 1 aliphatic heterocycles. The summed E-state index contributed by atoms with van der Waals surface area (Å²) < 4.78 is 0. The van der Waals surface area contributed by atoms with E-state index in [1.807, 2.05) is 6.08 Å². The van der Waals surface area contributed by atoms with E-state index >= 15 is 0 Å². The van der Waals surface area contributed by atoms with Gasteiger partial charge in [-0.05, 0) is 39.0 Å². The Hall–Kier alpha value is -0.830. The van der Waals surface area contributed by atoms with Crippen LogP contribution in [0.1, 0.15) is 51.1 Å². The van der Waals surface area contributed by atoms with E-state index in [4.69, 9.17) is 9.98 Å². The third-order valence-electron chi connectivity index (χ3n) is 4.64. The molecule has 0 aliphatic carbocycles. The number of unbranched alkanes of at least 4 members (excludes halogenated alkanes) is 3. The van der Waals surface area contributed by atoms with E-state index in [-0.39, 0.29) is 24.0 Å². The summed E-state index contributed by atoms with van der Waals surface area (Å²) in [6, 6.07) is 0. The van der Waals surface area contributed by atoms with E-state index in [1.165, 1.54) is 42.9 Å². The van der Waals surface area contributed by atoms with Crippen LogP contribution in [0.3, 0.4) is 0 Å². The number of allylic oxidation sites excluding steroid dienone is 1. The minimum absolute atomic E-state index is 0. The van der Waals surface area contributed by atoms with Crippen molar-refractivity contribution in [2.45, 2.75) is 51.9 Å². The number of anilines is 1. The summed E-state index contributed by atoms with van der Waals surface area (Å²) in [6.45, 7) is 10.9. The first-order valence-corrected chi connectivity index (χ1v) is 10.9. The Kier molecular flexibility index (Phi) is 12.7. The van der Waals surface area contributed by atoms with Gasteiger partial charge in [-0.1, -0.05) is 12.5 Å². The van der Waals surface area contributed by atoms with Gasteiger partial charge in [0.2, 0.25) is 0 Å². The lowest BCUT2D eigenvalue weighted by Gasteiger charge is -2.22. The minimum Gasteiger partial charge on any atom is -0.357 e. The van der Waals surface area contributed by atoms with Crippen molar-refractivity contribution >= 4 is 46.4 Å². The molecule has 0 atom stereocenters. The molecule has 2 heterocycles. The zero-order valence-corrected chi connectivity index (χ0v) is 20.1. The summed E-state index contributed by atoms with van der Waals surface area (Å²) >= 11 is 1.77. The number of nitrogens with zero attached hydrogens (tertiary/aromatic N) is 4. The Morgan fingerprint density at radius 1 is 1.37 bits per heavy atom. The Bertz CT molecular complexity index is 554. The van der Waals surface area contributed by atoms with Gasteiger partial charge in [0.15, 0.2) is 11.1 Å². The average molecular weight is 506 g/mol. The molecule has 0 bridgehead atoms. The summed E-state index contributed by atoms with van der Waals surface area (Å²) in [5, 5.41) is 6.78. The number of halogens is 1. The van der Waals surface area contributed by atoms with Crippen molar-refractivity contribution in [3.05, 3.63) is 23.7 Å². The van der Waals surface area contributed by atoms with Crippen molar-refractivity contribution in [3.8, 4) is 0 Å². The number of thiazole rings is 1. The summed E-state index contributed by atoms with van der Waals surface area (Å²) in [5.74, 6) is 1.01. The maximum atomic E-state index is 4.80. The molecule has 0 amide bonds. The average Bonchev–Trinajstić information content (AvgIpc) is 3.32. The number of hydrogen-bond acceptors (Lipinski definition) is 4. The van der Waals surface area contributed by atoms with E-state index in [0.29, 0.717) is 0 Å². The second kappa shape index (κ2) is 14.2. The molecule has 2 rings (SSSR count). The fourth-order valence-corrected chi connectivity index (χ4v) is 4.04. The molecular formula is C20H36IN5S. The highest BCUT2D eigenvalue weighted by Crippen LogP contribution is 2.24. The van der Waals surface area contributed by atoms with Gasteiger partial charge in [-0.2, -0.15) is 0 Å². The number of aliphatic imine (C=N–C) groups is 1. The molecule has 0 saturated carbocycles. The summed E-state index contributed by atoms with van der Waals surface area (Å²) in [5.41, 5.74) is 1.17. The zero-order chi connectivity index (χ0) is 18.6. The number of guanidine groups is 1. The quantitative estimate of drug-likeness (QED) is 0.158. The van der Waals surface area contributed by atoms with Crippen molar-refractivity contribution in [2.24, 2.45) is 4.99 Å². The zero-order valence-electron chi connectivity index (χ0n) is 17.0. The van der Waals surface area contributed by atoms with Crippen LogP contribution in [0, 0.1) is 0 Å². The molecule has 27 heavy (non-hydrogen) atoms. The van der Waals surface area contributed by atoms with Crippen LogP contribution in [-0.4, -0.2) is 55.6 Å². The van der Waals surface area contributed by atoms with Gasteiger partial charge >= 0.3 is 0 Å². The first-order valence-electron chi connectivity index (χ1n) is 10.0. The summed E-state index contributed by atoms with van der Waals surface area (Å²) in [6.07, 6.45) is 10.3. The van der Waals surface area contributed by atoms with Crippen LogP contribution in [-0.2, 0) is 6.42 Å². The predicted octanol–water partition coefficient (Wildman–Crippen LogP) is 4.55. The van der Waals surface area contributed by atoms with Crippen LogP contribution >= 0.6 is 35.3 Å². The van der Waals surface area contributed by atoms with Crippen molar-refractivity contribution in [2.75, 3.05) is 44.7 Å². The molecule has 0 unspecified atom stereocenters. The summed E-state index contributed by atoms with van der Waals surface area (Å²) in [7, 11) is 2.13. The molecule has 0 aromatic carbocycles. The van der Waals surface area contributed by atoms with Gasteiger partial charge in [0.25, 0.3) is 0 Å². The lowest BCUT2D eigenvalue weighted by Crippen LogP contribution is -2.39. The highest BCUT2D eigenvalue weighted by atomic mass is 127. The van der Waals surface area contributed by atoms with Crippen LogP contribution in [0.4, 0.5) is 5.13 Å². The number of nitrogens with one attached hydrogen (secondary N) is 1. The van der Waals surface area contributed by atoms with Gasteiger partial charge in [0.05, 0.1) is 5.69 Å². The molecule has 0 spiro atoms. The van der Waals surface area contributed by atoms with Crippen molar-refractivity contribution < 1.29 is 0 Å². The van der Waals surface area contributed by atoms with E-state index < -0.39 is 0 Å². The fraction of sp³-hybridized carbons (Fsp3) is 0.700. The van der Waals surface area contributed by atoms with Crippen LogP contribution in [0.5, 0.6) is 0 Å². The van der Waals surface area contributed by atoms with Gasteiger partial charge < -0.3 is 15.1 Å². The van der Waals surface area contributed by atoms with E-state index in [9.17, 15) is 0 Å². The van der Waals surface area contributed by atoms with Gasteiger partial charge in [-0.3, -0.25) is 4.99 Å². The lowest BCUT2D eigenvalue weighted by molar-refractivity contribution is 0.455. The lowest BCUT2D eigenvalue weighted by atomic mass is 10.2. The van der Waals surface area contributed by atoms with Crippen LogP contribution in [0.15, 0.2) is 23.0 Å². The molecule has 0 radical (unpaired) electrons. The number of hydrogen-bond donors (Lipinski definition) is 1. The molecule has 1 N–H and O–H groups in total. The second-order valence-electron chi connectivity index (χ2n) is 6.86. The Labute approximate surface area is 186 Å². The SMILES string of the molecule is C=CCCCCCN(C)C(=NCCc1csc(N2CCCC2)n1)NCC.I. The van der Waals surface area contributed by atoms with Gasteiger partial charge in [-0.25, -0.2) is 4.98 Å². The van der Waals surface area contributed by atoms with E-state index in [1.54, 1.807) is 11.3 Å². The van der Waals surface area contributed by atoms with Crippen molar-refractivity contribution in [3.63, 3.8) is 0 Å². The summed E-state index contributed by atoms with van der Waals surface area (Å²) in [4.78, 5) is 14.2. The first kappa shape index (κ1) is 24.2. The molecule has 1 fully saturated rings. The molecular weight excluding hydrogens is 469 g/mol. The number of rotatable bonds is 11. The first-order chi connectivity index (χ1) is 12.7. The Balaban J connectivity index is 0.00000364. The van der Waals surface area contributed by atoms with Gasteiger partial charge in [-0.15, -0.1) is 41.9 Å². The molecule has 1 saturated heterocycles. The predicted molar refractivity (Wildman–Crippen MR) is 130 cm³/mol. The van der Waals surface area contributed by atoms with E-state index in [0.717, 1.165) is 51.5 Å². The van der Waals surface area contributed by atoms with Crippen molar-refractivity contribution in [1.29, 1.82) is 0 Å². The molecule has 154 valence electrons. The third kappa shape index (κ3) is 8.81. The van der Waals surface area contributed by atoms with Crippen molar-refractivity contribution in [1.82, 2.24) is 15.2 Å². The monoisotopic (exact) mass is 505 g/mol. The smallest absolute Gasteiger partial charge is 0.193 e.